The highest BCUT2D eigenvalue weighted by molar-refractivity contribution is 6.35. The molecule has 3 rings (SSSR count). The van der Waals surface area contributed by atoms with Gasteiger partial charge in [0.05, 0.1) is 15.9 Å². The van der Waals surface area contributed by atoms with Crippen LogP contribution >= 0.6 is 34.8 Å². The Balaban J connectivity index is 1.81. The summed E-state index contributed by atoms with van der Waals surface area (Å²) in [5.74, 6) is 0.590. The van der Waals surface area contributed by atoms with Gasteiger partial charge in [0.2, 0.25) is 0 Å². The molecule has 0 unspecified atom stereocenters. The van der Waals surface area contributed by atoms with Gasteiger partial charge in [0.15, 0.2) is 5.82 Å². The SMILES string of the molecule is C[C@H]([NH2+]Cc1nc2cc(Cl)ccc2c(=O)[nH]1)c1ccc(Cl)cc1Cl. The molecule has 4 nitrogen and oxygen atoms in total. The largest absolute Gasteiger partial charge is 0.334 e. The van der Waals surface area contributed by atoms with Crippen LogP contribution in [-0.2, 0) is 6.54 Å². The van der Waals surface area contributed by atoms with Gasteiger partial charge in [0.25, 0.3) is 5.56 Å². The van der Waals surface area contributed by atoms with Crippen molar-refractivity contribution in [1.82, 2.24) is 9.97 Å². The number of halogens is 3. The lowest BCUT2D eigenvalue weighted by molar-refractivity contribution is -0.708. The number of aromatic nitrogens is 2. The number of aromatic amines is 1. The van der Waals surface area contributed by atoms with Crippen molar-refractivity contribution in [3.8, 4) is 0 Å². The monoisotopic (exact) mass is 382 g/mol. The van der Waals surface area contributed by atoms with Gasteiger partial charge in [0, 0.05) is 15.6 Å². The Hall–Kier alpha value is -1.59. The number of nitrogens with one attached hydrogen (secondary N) is 1. The van der Waals surface area contributed by atoms with E-state index in [-0.39, 0.29) is 11.6 Å². The maximum atomic E-state index is 12.1. The average Bonchev–Trinajstić information content (AvgIpc) is 2.52. The van der Waals surface area contributed by atoms with Gasteiger partial charge >= 0.3 is 0 Å². The highest BCUT2D eigenvalue weighted by Gasteiger charge is 2.14. The molecule has 0 radical (unpaired) electrons. The van der Waals surface area contributed by atoms with Gasteiger partial charge in [-0.3, -0.25) is 4.79 Å². The lowest BCUT2D eigenvalue weighted by atomic mass is 10.1. The number of H-pyrrole nitrogens is 1. The van der Waals surface area contributed by atoms with Crippen LogP contribution in [0.5, 0.6) is 0 Å². The molecule has 0 aliphatic heterocycles. The molecule has 0 saturated heterocycles. The fourth-order valence-corrected chi connectivity index (χ4v) is 3.29. The number of nitrogens with zero attached hydrogens (tertiary/aromatic N) is 1. The third kappa shape index (κ3) is 3.73. The maximum Gasteiger partial charge on any atom is 0.258 e. The Labute approximate surface area is 153 Å². The zero-order chi connectivity index (χ0) is 17.3. The topological polar surface area (TPSA) is 62.4 Å². The zero-order valence-corrected chi connectivity index (χ0v) is 15.1. The fraction of sp³-hybridized carbons (Fsp3) is 0.176. The number of hydrogen-bond donors (Lipinski definition) is 2. The van der Waals surface area contributed by atoms with E-state index >= 15 is 0 Å². The molecule has 0 spiro atoms. The first-order valence-electron chi connectivity index (χ1n) is 7.41. The first kappa shape index (κ1) is 17.2. The van der Waals surface area contributed by atoms with E-state index in [2.05, 4.69) is 9.97 Å². The molecule has 3 N–H and O–H groups in total. The van der Waals surface area contributed by atoms with Crippen molar-refractivity contribution in [3.05, 3.63) is 73.2 Å². The number of nitrogens with two attached hydrogens (primary N) is 1. The zero-order valence-electron chi connectivity index (χ0n) is 12.8. The predicted molar refractivity (Wildman–Crippen MR) is 97.9 cm³/mol. The molecule has 24 heavy (non-hydrogen) atoms. The molecule has 0 fully saturated rings. The van der Waals surface area contributed by atoms with E-state index in [1.165, 1.54) is 0 Å². The van der Waals surface area contributed by atoms with E-state index in [9.17, 15) is 4.79 Å². The van der Waals surface area contributed by atoms with Gasteiger partial charge < -0.3 is 10.3 Å². The van der Waals surface area contributed by atoms with Gasteiger partial charge in [-0.15, -0.1) is 0 Å². The summed E-state index contributed by atoms with van der Waals surface area (Å²) in [5.41, 5.74) is 1.40. The summed E-state index contributed by atoms with van der Waals surface area (Å²) in [4.78, 5) is 19.4. The third-order valence-electron chi connectivity index (χ3n) is 3.84. The second-order valence-corrected chi connectivity index (χ2v) is 6.85. The van der Waals surface area contributed by atoms with E-state index in [0.29, 0.717) is 38.3 Å². The van der Waals surface area contributed by atoms with Crippen molar-refractivity contribution in [1.29, 1.82) is 0 Å². The quantitative estimate of drug-likeness (QED) is 0.721. The molecule has 1 aromatic heterocycles. The van der Waals surface area contributed by atoms with Crippen LogP contribution in [0.3, 0.4) is 0 Å². The van der Waals surface area contributed by atoms with E-state index in [1.54, 1.807) is 24.3 Å². The van der Waals surface area contributed by atoms with Gasteiger partial charge in [-0.25, -0.2) is 4.98 Å². The lowest BCUT2D eigenvalue weighted by Gasteiger charge is -2.12. The van der Waals surface area contributed by atoms with Crippen LogP contribution in [0.15, 0.2) is 41.2 Å². The van der Waals surface area contributed by atoms with E-state index in [1.807, 2.05) is 24.4 Å². The van der Waals surface area contributed by atoms with Gasteiger partial charge in [0.1, 0.15) is 12.6 Å². The Kier molecular flexibility index (Phi) is 5.11. The first-order chi connectivity index (χ1) is 11.4. The molecule has 7 heteroatoms. The lowest BCUT2D eigenvalue weighted by Crippen LogP contribution is -2.83. The molecule has 0 aliphatic rings. The molecular weight excluding hydrogens is 369 g/mol. The molecule has 1 atom stereocenters. The Bertz CT molecular complexity index is 955. The number of fused-ring (bicyclic) bond motifs is 1. The molecule has 0 aliphatic carbocycles. The average molecular weight is 384 g/mol. The van der Waals surface area contributed by atoms with Crippen LogP contribution in [0.2, 0.25) is 15.1 Å². The summed E-state index contributed by atoms with van der Waals surface area (Å²) in [5, 5.41) is 4.35. The Morgan fingerprint density at radius 1 is 1.12 bits per heavy atom. The fourth-order valence-electron chi connectivity index (χ4n) is 2.54. The second-order valence-electron chi connectivity index (χ2n) is 5.57. The molecule has 3 aromatic rings. The molecule has 0 saturated carbocycles. The highest BCUT2D eigenvalue weighted by atomic mass is 35.5. The summed E-state index contributed by atoms with van der Waals surface area (Å²) in [6.45, 7) is 2.54. The smallest absolute Gasteiger partial charge is 0.258 e. The van der Waals surface area contributed by atoms with Crippen LogP contribution in [0.4, 0.5) is 0 Å². The number of quaternary nitrogens is 1. The number of rotatable bonds is 4. The maximum absolute atomic E-state index is 12.1. The van der Waals surface area contributed by atoms with Gasteiger partial charge in [-0.1, -0.05) is 40.9 Å². The number of hydrogen-bond acceptors (Lipinski definition) is 2. The van der Waals surface area contributed by atoms with Crippen LogP contribution in [0, 0.1) is 0 Å². The molecule has 0 bridgehead atoms. The summed E-state index contributed by atoms with van der Waals surface area (Å²) in [7, 11) is 0. The molecule has 124 valence electrons. The van der Waals surface area contributed by atoms with Crippen molar-refractivity contribution >= 4 is 45.7 Å². The minimum atomic E-state index is -0.169. The molecular formula is C17H15Cl3N3O+. The first-order valence-corrected chi connectivity index (χ1v) is 8.54. The standard InChI is InChI=1S/C17H14Cl3N3O/c1-9(12-4-2-10(18)6-14(12)20)21-8-16-22-15-7-11(19)3-5-13(15)17(24)23-16/h2-7,9,21H,8H2,1H3,(H,22,23,24)/p+1/t9-/m0/s1. The van der Waals surface area contributed by atoms with Crippen LogP contribution in [0.1, 0.15) is 24.4 Å². The summed E-state index contributed by atoms with van der Waals surface area (Å²) < 4.78 is 0. The normalized spacial score (nSPS) is 12.5. The molecule has 0 amide bonds. The third-order valence-corrected chi connectivity index (χ3v) is 4.63. The van der Waals surface area contributed by atoms with E-state index in [4.69, 9.17) is 34.8 Å². The summed E-state index contributed by atoms with van der Waals surface area (Å²) in [6.07, 6.45) is 0. The van der Waals surface area contributed by atoms with Crippen molar-refractivity contribution < 1.29 is 5.32 Å². The Morgan fingerprint density at radius 2 is 1.83 bits per heavy atom. The Morgan fingerprint density at radius 3 is 2.58 bits per heavy atom. The minimum Gasteiger partial charge on any atom is -0.334 e. The van der Waals surface area contributed by atoms with Gasteiger partial charge in [-0.05, 0) is 37.3 Å². The highest BCUT2D eigenvalue weighted by Crippen LogP contribution is 2.24. The second kappa shape index (κ2) is 7.11. The van der Waals surface area contributed by atoms with E-state index < -0.39 is 0 Å². The number of benzene rings is 2. The van der Waals surface area contributed by atoms with Crippen molar-refractivity contribution in [2.75, 3.05) is 0 Å². The van der Waals surface area contributed by atoms with Crippen molar-refractivity contribution in [2.24, 2.45) is 0 Å². The van der Waals surface area contributed by atoms with Crippen LogP contribution in [-0.4, -0.2) is 9.97 Å². The van der Waals surface area contributed by atoms with Crippen molar-refractivity contribution in [2.45, 2.75) is 19.5 Å². The predicted octanol–water partition coefficient (Wildman–Crippen LogP) is 3.71. The van der Waals surface area contributed by atoms with Gasteiger partial charge in [-0.2, -0.15) is 0 Å². The molecule has 1 heterocycles. The van der Waals surface area contributed by atoms with E-state index in [0.717, 1.165) is 5.56 Å². The van der Waals surface area contributed by atoms with Crippen molar-refractivity contribution in [3.63, 3.8) is 0 Å². The summed E-state index contributed by atoms with van der Waals surface area (Å²) in [6, 6.07) is 10.6. The summed E-state index contributed by atoms with van der Waals surface area (Å²) >= 11 is 18.1. The van der Waals surface area contributed by atoms with Crippen LogP contribution in [0.25, 0.3) is 10.9 Å². The minimum absolute atomic E-state index is 0.0927. The molecule has 2 aromatic carbocycles. The van der Waals surface area contributed by atoms with Crippen LogP contribution < -0.4 is 10.9 Å².